The standard InChI is InChI=1S/C31H39N5O4/c1-35(2)30(39)26(14-8-9-19-32)34-29(38)27(21-22-10-4-3-5-11-22)36(31(33)40)28(37)18-16-23-15-17-24-12-6-7-13-25(24)20-23/h3-7,10-13,15,17,20,26-27H,8-9,14,16,18-19,21,32H2,1-2H3,(H2,33,40)(H,34,38)/t26?,27-/m1/s1. The van der Waals surface area contributed by atoms with Crippen LogP contribution in [0.4, 0.5) is 4.79 Å². The van der Waals surface area contributed by atoms with Gasteiger partial charge >= 0.3 is 6.03 Å². The van der Waals surface area contributed by atoms with Crippen LogP contribution in [-0.2, 0) is 27.2 Å². The number of nitrogens with zero attached hydrogens (tertiary/aromatic N) is 2. The average molecular weight is 546 g/mol. The molecule has 0 aliphatic heterocycles. The maximum Gasteiger partial charge on any atom is 0.322 e. The average Bonchev–Trinajstić information content (AvgIpc) is 2.95. The number of hydrogen-bond acceptors (Lipinski definition) is 5. The van der Waals surface area contributed by atoms with Gasteiger partial charge in [0.05, 0.1) is 0 Å². The number of benzene rings is 3. The monoisotopic (exact) mass is 545 g/mol. The van der Waals surface area contributed by atoms with E-state index in [0.29, 0.717) is 32.2 Å². The summed E-state index contributed by atoms with van der Waals surface area (Å²) in [5, 5.41) is 4.92. The van der Waals surface area contributed by atoms with E-state index in [2.05, 4.69) is 5.32 Å². The van der Waals surface area contributed by atoms with Crippen molar-refractivity contribution in [3.05, 3.63) is 83.9 Å². The molecule has 3 aromatic carbocycles. The fourth-order valence-electron chi connectivity index (χ4n) is 4.68. The molecule has 0 saturated heterocycles. The second kappa shape index (κ2) is 14.8. The van der Waals surface area contributed by atoms with E-state index in [1.165, 1.54) is 4.90 Å². The number of amides is 5. The summed E-state index contributed by atoms with van der Waals surface area (Å²) in [5.74, 6) is -1.46. The van der Waals surface area contributed by atoms with Crippen molar-refractivity contribution in [2.75, 3.05) is 20.6 Å². The summed E-state index contributed by atoms with van der Waals surface area (Å²) in [6.45, 7) is 0.467. The Kier molecular flexibility index (Phi) is 11.2. The minimum Gasteiger partial charge on any atom is -0.351 e. The van der Waals surface area contributed by atoms with Crippen LogP contribution < -0.4 is 16.8 Å². The Morgan fingerprint density at radius 3 is 2.17 bits per heavy atom. The Labute approximate surface area is 235 Å². The highest BCUT2D eigenvalue weighted by atomic mass is 16.2. The zero-order chi connectivity index (χ0) is 29.1. The Hall–Kier alpha value is -4.24. The van der Waals surface area contributed by atoms with Crippen molar-refractivity contribution >= 4 is 34.5 Å². The SMILES string of the molecule is CN(C)C(=O)C(CCCCN)NC(=O)[C@@H](Cc1ccccc1)N(C(N)=O)C(=O)CCc1ccc2ccccc2c1. The number of nitrogens with one attached hydrogen (secondary N) is 1. The van der Waals surface area contributed by atoms with Crippen LogP contribution in [0, 0.1) is 0 Å². The van der Waals surface area contributed by atoms with E-state index in [9.17, 15) is 19.2 Å². The predicted octanol–water partition coefficient (Wildman–Crippen LogP) is 2.99. The summed E-state index contributed by atoms with van der Waals surface area (Å²) in [6, 6.07) is 19.9. The van der Waals surface area contributed by atoms with Gasteiger partial charge in [-0.25, -0.2) is 4.79 Å². The van der Waals surface area contributed by atoms with Gasteiger partial charge in [0.1, 0.15) is 12.1 Å². The molecule has 5 N–H and O–H groups in total. The lowest BCUT2D eigenvalue weighted by molar-refractivity contribution is -0.139. The first kappa shape index (κ1) is 30.3. The largest absolute Gasteiger partial charge is 0.351 e. The summed E-state index contributed by atoms with van der Waals surface area (Å²) in [7, 11) is 3.22. The molecule has 0 fully saturated rings. The molecule has 212 valence electrons. The van der Waals surface area contributed by atoms with Gasteiger partial charge in [-0.2, -0.15) is 0 Å². The lowest BCUT2D eigenvalue weighted by Gasteiger charge is -2.30. The molecule has 5 amide bonds. The van der Waals surface area contributed by atoms with E-state index in [4.69, 9.17) is 11.5 Å². The number of carbonyl (C=O) groups is 4. The van der Waals surface area contributed by atoms with Gasteiger partial charge in [0.25, 0.3) is 0 Å². The van der Waals surface area contributed by atoms with Gasteiger partial charge in [-0.15, -0.1) is 0 Å². The van der Waals surface area contributed by atoms with Crippen LogP contribution in [0.25, 0.3) is 10.8 Å². The van der Waals surface area contributed by atoms with E-state index in [0.717, 1.165) is 26.8 Å². The van der Waals surface area contributed by atoms with Crippen molar-refractivity contribution < 1.29 is 19.2 Å². The molecular formula is C31H39N5O4. The Morgan fingerprint density at radius 2 is 1.52 bits per heavy atom. The maximum absolute atomic E-state index is 13.7. The number of urea groups is 1. The van der Waals surface area contributed by atoms with Crippen LogP contribution in [0.3, 0.4) is 0 Å². The van der Waals surface area contributed by atoms with Crippen molar-refractivity contribution in [3.8, 4) is 0 Å². The number of unbranched alkanes of at least 4 members (excludes halogenated alkanes) is 1. The first-order valence-electron chi connectivity index (χ1n) is 13.6. The van der Waals surface area contributed by atoms with Crippen LogP contribution in [0.15, 0.2) is 72.8 Å². The van der Waals surface area contributed by atoms with Crippen LogP contribution >= 0.6 is 0 Å². The van der Waals surface area contributed by atoms with Gasteiger partial charge < -0.3 is 21.7 Å². The van der Waals surface area contributed by atoms with Crippen LogP contribution in [-0.4, -0.2) is 66.3 Å². The molecule has 0 aromatic heterocycles. The van der Waals surface area contributed by atoms with Gasteiger partial charge in [-0.05, 0) is 54.1 Å². The second-order valence-corrected chi connectivity index (χ2v) is 10.1. The van der Waals surface area contributed by atoms with E-state index in [-0.39, 0.29) is 18.7 Å². The fourth-order valence-corrected chi connectivity index (χ4v) is 4.68. The molecule has 3 rings (SSSR count). The predicted molar refractivity (Wildman–Crippen MR) is 156 cm³/mol. The summed E-state index contributed by atoms with van der Waals surface area (Å²) in [6.07, 6.45) is 2.12. The molecule has 1 unspecified atom stereocenters. The third-order valence-corrected chi connectivity index (χ3v) is 6.84. The molecular weight excluding hydrogens is 506 g/mol. The van der Waals surface area contributed by atoms with Crippen molar-refractivity contribution in [2.45, 2.75) is 50.6 Å². The Balaban J connectivity index is 1.84. The molecule has 2 atom stereocenters. The van der Waals surface area contributed by atoms with Crippen molar-refractivity contribution in [2.24, 2.45) is 11.5 Å². The lowest BCUT2D eigenvalue weighted by atomic mass is 10.0. The minimum atomic E-state index is -1.23. The van der Waals surface area contributed by atoms with Crippen LogP contribution in [0.2, 0.25) is 0 Å². The zero-order valence-electron chi connectivity index (χ0n) is 23.2. The van der Waals surface area contributed by atoms with Crippen molar-refractivity contribution in [1.82, 2.24) is 15.1 Å². The van der Waals surface area contributed by atoms with E-state index >= 15 is 0 Å². The third-order valence-electron chi connectivity index (χ3n) is 6.84. The number of carbonyl (C=O) groups excluding carboxylic acids is 4. The van der Waals surface area contributed by atoms with Gasteiger partial charge in [-0.1, -0.05) is 72.8 Å². The van der Waals surface area contributed by atoms with E-state index in [1.807, 2.05) is 72.8 Å². The Bertz CT molecular complexity index is 1310. The van der Waals surface area contributed by atoms with Crippen molar-refractivity contribution in [3.63, 3.8) is 0 Å². The number of likely N-dealkylation sites (N-methyl/N-ethyl adjacent to an activating group) is 1. The molecule has 0 spiro atoms. The molecule has 9 nitrogen and oxygen atoms in total. The quantitative estimate of drug-likeness (QED) is 0.284. The van der Waals surface area contributed by atoms with Crippen molar-refractivity contribution in [1.29, 1.82) is 0 Å². The number of fused-ring (bicyclic) bond motifs is 1. The molecule has 0 aliphatic rings. The number of rotatable bonds is 13. The summed E-state index contributed by atoms with van der Waals surface area (Å²) in [5.41, 5.74) is 13.0. The highest BCUT2D eigenvalue weighted by molar-refractivity contribution is 6.00. The second-order valence-electron chi connectivity index (χ2n) is 10.1. The number of primary amides is 1. The summed E-state index contributed by atoms with van der Waals surface area (Å²) in [4.78, 5) is 54.9. The molecule has 0 saturated carbocycles. The van der Waals surface area contributed by atoms with E-state index < -0.39 is 29.9 Å². The molecule has 0 bridgehead atoms. The lowest BCUT2D eigenvalue weighted by Crippen LogP contribution is -2.58. The molecule has 0 heterocycles. The minimum absolute atomic E-state index is 0.0175. The number of hydrogen-bond donors (Lipinski definition) is 3. The fraction of sp³-hybridized carbons (Fsp3) is 0.355. The summed E-state index contributed by atoms with van der Waals surface area (Å²) >= 11 is 0. The smallest absolute Gasteiger partial charge is 0.322 e. The molecule has 9 heteroatoms. The van der Waals surface area contributed by atoms with E-state index in [1.54, 1.807) is 14.1 Å². The topological polar surface area (TPSA) is 139 Å². The van der Waals surface area contributed by atoms with Gasteiger partial charge in [0.2, 0.25) is 17.7 Å². The number of imide groups is 1. The Morgan fingerprint density at radius 1 is 0.850 bits per heavy atom. The van der Waals surface area contributed by atoms with Gasteiger partial charge in [0, 0.05) is 26.9 Å². The number of aryl methyl sites for hydroxylation is 1. The highest BCUT2D eigenvalue weighted by Crippen LogP contribution is 2.18. The summed E-state index contributed by atoms with van der Waals surface area (Å²) < 4.78 is 0. The first-order valence-corrected chi connectivity index (χ1v) is 13.6. The zero-order valence-corrected chi connectivity index (χ0v) is 23.2. The number of nitrogens with two attached hydrogens (primary N) is 2. The molecule has 0 aliphatic carbocycles. The maximum atomic E-state index is 13.7. The molecule has 40 heavy (non-hydrogen) atoms. The van der Waals surface area contributed by atoms with Gasteiger partial charge in [-0.3, -0.25) is 19.3 Å². The molecule has 0 radical (unpaired) electrons. The third kappa shape index (κ3) is 8.38. The van der Waals surface area contributed by atoms with Crippen LogP contribution in [0.5, 0.6) is 0 Å². The normalized spacial score (nSPS) is 12.4. The highest BCUT2D eigenvalue weighted by Gasteiger charge is 2.35. The van der Waals surface area contributed by atoms with Gasteiger partial charge in [0.15, 0.2) is 0 Å². The first-order chi connectivity index (χ1) is 19.2. The molecule has 3 aromatic rings. The van der Waals surface area contributed by atoms with Crippen LogP contribution in [0.1, 0.15) is 36.8 Å².